The molecule has 0 bridgehead atoms. The van der Waals surface area contributed by atoms with E-state index in [4.69, 9.17) is 0 Å². The minimum atomic E-state index is 0.624. The maximum atomic E-state index is 3.60. The van der Waals surface area contributed by atoms with Crippen LogP contribution in [0.3, 0.4) is 0 Å². The molecule has 2 aromatic rings. The molecule has 1 atom stereocenters. The summed E-state index contributed by atoms with van der Waals surface area (Å²) in [5, 5.41) is 3.54. The summed E-state index contributed by atoms with van der Waals surface area (Å²) in [7, 11) is 0. The van der Waals surface area contributed by atoms with Crippen LogP contribution in [0, 0.1) is 0 Å². The van der Waals surface area contributed by atoms with E-state index in [1.165, 1.54) is 17.5 Å². The van der Waals surface area contributed by atoms with Gasteiger partial charge in [0.25, 0.3) is 0 Å². The highest BCUT2D eigenvalue weighted by Gasteiger charge is 2.25. The van der Waals surface area contributed by atoms with Crippen molar-refractivity contribution in [3.8, 4) is 0 Å². The third-order valence-electron chi connectivity index (χ3n) is 3.49. The van der Waals surface area contributed by atoms with Gasteiger partial charge < -0.3 is 5.32 Å². The van der Waals surface area contributed by atoms with Crippen LogP contribution in [0.5, 0.6) is 0 Å². The van der Waals surface area contributed by atoms with Gasteiger partial charge in [-0.1, -0.05) is 40.2 Å². The first-order valence-corrected chi connectivity index (χ1v) is 8.49. The number of anilines is 1. The molecular formula is C15H12Br3N. The lowest BCUT2D eigenvalue weighted by molar-refractivity contribution is 0.635. The van der Waals surface area contributed by atoms with Crippen LogP contribution in [0.2, 0.25) is 0 Å². The third kappa shape index (κ3) is 2.76. The van der Waals surface area contributed by atoms with E-state index in [2.05, 4.69) is 89.5 Å². The molecule has 1 unspecified atom stereocenters. The van der Waals surface area contributed by atoms with E-state index in [1.807, 2.05) is 0 Å². The van der Waals surface area contributed by atoms with Gasteiger partial charge in [0, 0.05) is 25.9 Å². The summed E-state index contributed by atoms with van der Waals surface area (Å²) in [5.74, 6) is 0.624. The van der Waals surface area contributed by atoms with E-state index in [9.17, 15) is 0 Å². The molecule has 2 aromatic carbocycles. The molecule has 98 valence electrons. The quantitative estimate of drug-likeness (QED) is 0.636. The van der Waals surface area contributed by atoms with Crippen LogP contribution in [0.25, 0.3) is 0 Å². The minimum Gasteiger partial charge on any atom is -0.383 e. The number of nitrogens with one attached hydrogen (secondary N) is 1. The molecule has 3 rings (SSSR count). The first-order chi connectivity index (χ1) is 9.15. The molecule has 19 heavy (non-hydrogen) atoms. The van der Waals surface area contributed by atoms with Crippen molar-refractivity contribution in [1.82, 2.24) is 0 Å². The van der Waals surface area contributed by atoms with Crippen molar-refractivity contribution in [3.05, 3.63) is 60.9 Å². The molecule has 0 fully saturated rings. The third-order valence-corrected chi connectivity index (χ3v) is 5.20. The van der Waals surface area contributed by atoms with Gasteiger partial charge in [-0.15, -0.1) is 0 Å². The first kappa shape index (κ1) is 13.7. The van der Waals surface area contributed by atoms with Crippen molar-refractivity contribution in [1.29, 1.82) is 0 Å². The monoisotopic (exact) mass is 443 g/mol. The fourth-order valence-electron chi connectivity index (χ4n) is 2.48. The second-order valence-electron chi connectivity index (χ2n) is 4.73. The van der Waals surface area contributed by atoms with Gasteiger partial charge in [0.05, 0.1) is 5.69 Å². The molecule has 0 aromatic heterocycles. The average molecular weight is 446 g/mol. The van der Waals surface area contributed by atoms with Crippen molar-refractivity contribution in [2.75, 3.05) is 11.9 Å². The predicted octanol–water partition coefficient (Wildman–Crippen LogP) is 5.73. The van der Waals surface area contributed by atoms with Crippen LogP contribution in [0.1, 0.15) is 17.0 Å². The Morgan fingerprint density at radius 1 is 1.05 bits per heavy atom. The second kappa shape index (κ2) is 5.58. The zero-order valence-corrected chi connectivity index (χ0v) is 14.8. The van der Waals surface area contributed by atoms with Crippen molar-refractivity contribution >= 4 is 53.5 Å². The molecule has 4 heteroatoms. The standard InChI is InChI=1S/C15H12Br3N/c16-11-6-13(17)15(14(18)7-11)19-8-10-5-9-3-1-2-4-12(9)10/h1-4,6-7,10,19H,5,8H2. The summed E-state index contributed by atoms with van der Waals surface area (Å²) in [6, 6.07) is 12.8. The predicted molar refractivity (Wildman–Crippen MR) is 90.9 cm³/mol. The fourth-order valence-corrected chi connectivity index (χ4v) is 5.02. The first-order valence-electron chi connectivity index (χ1n) is 6.11. The lowest BCUT2D eigenvalue weighted by atomic mass is 9.77. The van der Waals surface area contributed by atoms with Gasteiger partial charge in [-0.25, -0.2) is 0 Å². The molecule has 1 nitrogen and oxygen atoms in total. The Balaban J connectivity index is 1.72. The van der Waals surface area contributed by atoms with E-state index in [-0.39, 0.29) is 0 Å². The van der Waals surface area contributed by atoms with Crippen LogP contribution in [0.15, 0.2) is 49.8 Å². The van der Waals surface area contributed by atoms with Crippen LogP contribution < -0.4 is 5.32 Å². The lowest BCUT2D eigenvalue weighted by Crippen LogP contribution is -2.24. The summed E-state index contributed by atoms with van der Waals surface area (Å²) < 4.78 is 3.20. The number of benzene rings is 2. The number of hydrogen-bond acceptors (Lipinski definition) is 1. The number of hydrogen-bond donors (Lipinski definition) is 1. The van der Waals surface area contributed by atoms with E-state index in [0.29, 0.717) is 5.92 Å². The molecule has 1 aliphatic rings. The van der Waals surface area contributed by atoms with Gasteiger partial charge in [0.1, 0.15) is 0 Å². The molecular weight excluding hydrogens is 434 g/mol. The zero-order chi connectivity index (χ0) is 13.4. The van der Waals surface area contributed by atoms with Gasteiger partial charge in [0.2, 0.25) is 0 Å². The lowest BCUT2D eigenvalue weighted by Gasteiger charge is -2.30. The Bertz CT molecular complexity index is 602. The molecule has 1 N–H and O–H groups in total. The molecule has 1 aliphatic carbocycles. The highest BCUT2D eigenvalue weighted by molar-refractivity contribution is 9.11. The van der Waals surface area contributed by atoms with Crippen LogP contribution in [-0.2, 0) is 6.42 Å². The van der Waals surface area contributed by atoms with Gasteiger partial charge in [-0.05, 0) is 61.5 Å². The van der Waals surface area contributed by atoms with Gasteiger partial charge in [0.15, 0.2) is 0 Å². The van der Waals surface area contributed by atoms with E-state index >= 15 is 0 Å². The summed E-state index contributed by atoms with van der Waals surface area (Å²) in [4.78, 5) is 0. The SMILES string of the molecule is Brc1cc(Br)c(NCC2Cc3ccccc32)c(Br)c1. The molecule has 0 radical (unpaired) electrons. The highest BCUT2D eigenvalue weighted by atomic mass is 79.9. The minimum absolute atomic E-state index is 0.624. The smallest absolute Gasteiger partial charge is 0.0630 e. The number of rotatable bonds is 3. The largest absolute Gasteiger partial charge is 0.383 e. The van der Waals surface area contributed by atoms with Gasteiger partial charge in [-0.2, -0.15) is 0 Å². The van der Waals surface area contributed by atoms with Crippen LogP contribution >= 0.6 is 47.8 Å². The molecule has 0 heterocycles. The van der Waals surface area contributed by atoms with Gasteiger partial charge in [-0.3, -0.25) is 0 Å². The molecule has 0 saturated heterocycles. The summed E-state index contributed by atoms with van der Waals surface area (Å²) in [5.41, 5.74) is 4.09. The van der Waals surface area contributed by atoms with Crippen LogP contribution in [0.4, 0.5) is 5.69 Å². The summed E-state index contributed by atoms with van der Waals surface area (Å²) in [6.07, 6.45) is 1.18. The number of fused-ring (bicyclic) bond motifs is 1. The average Bonchev–Trinajstić information content (AvgIpc) is 2.33. The van der Waals surface area contributed by atoms with Crippen molar-refractivity contribution in [3.63, 3.8) is 0 Å². The van der Waals surface area contributed by atoms with Crippen molar-refractivity contribution in [2.45, 2.75) is 12.3 Å². The Morgan fingerprint density at radius 3 is 2.42 bits per heavy atom. The topological polar surface area (TPSA) is 12.0 Å². The maximum absolute atomic E-state index is 3.60. The second-order valence-corrected chi connectivity index (χ2v) is 7.35. The summed E-state index contributed by atoms with van der Waals surface area (Å²) >= 11 is 10.7. The highest BCUT2D eigenvalue weighted by Crippen LogP contribution is 2.38. The van der Waals surface area contributed by atoms with E-state index in [1.54, 1.807) is 0 Å². The zero-order valence-electron chi connectivity index (χ0n) is 10.1. The Hall–Kier alpha value is -0.320. The van der Waals surface area contributed by atoms with E-state index < -0.39 is 0 Å². The van der Waals surface area contributed by atoms with Crippen molar-refractivity contribution < 1.29 is 0 Å². The van der Waals surface area contributed by atoms with Crippen LogP contribution in [-0.4, -0.2) is 6.54 Å². The number of halogens is 3. The molecule has 0 aliphatic heterocycles. The Labute approximate surface area is 138 Å². The van der Waals surface area contributed by atoms with E-state index in [0.717, 1.165) is 25.7 Å². The molecule has 0 amide bonds. The normalized spacial score (nSPS) is 16.7. The molecule has 0 spiro atoms. The van der Waals surface area contributed by atoms with Crippen molar-refractivity contribution in [2.24, 2.45) is 0 Å². The maximum Gasteiger partial charge on any atom is 0.0630 e. The fraction of sp³-hybridized carbons (Fsp3) is 0.200. The Morgan fingerprint density at radius 2 is 1.74 bits per heavy atom. The summed E-state index contributed by atoms with van der Waals surface area (Å²) in [6.45, 7) is 0.968. The molecule has 0 saturated carbocycles. The Kier molecular flexibility index (Phi) is 4.01. The van der Waals surface area contributed by atoms with Gasteiger partial charge >= 0.3 is 0 Å².